The molecule has 38 heavy (non-hydrogen) atoms. The van der Waals surface area contributed by atoms with Gasteiger partial charge in [-0.15, -0.1) is 0 Å². The van der Waals surface area contributed by atoms with Crippen LogP contribution < -0.4 is 14.4 Å². The third kappa shape index (κ3) is 6.78. The largest absolute Gasteiger partial charge is 0.497 e. The van der Waals surface area contributed by atoms with E-state index in [-0.39, 0.29) is 23.0 Å². The zero-order chi connectivity index (χ0) is 27.9. The van der Waals surface area contributed by atoms with Crippen LogP contribution in [0.25, 0.3) is 0 Å². The number of amides is 2. The summed E-state index contributed by atoms with van der Waals surface area (Å²) in [5, 5.41) is 3.24. The molecule has 3 aromatic carbocycles. The number of carbonyl (C=O) groups excluding carboxylic acids is 2. The molecule has 0 aromatic heterocycles. The van der Waals surface area contributed by atoms with Crippen molar-refractivity contribution in [3.63, 3.8) is 0 Å². The molecule has 2 amide bonds. The third-order valence-corrected chi connectivity index (χ3v) is 8.45. The second-order valence-electron chi connectivity index (χ2n) is 8.33. The van der Waals surface area contributed by atoms with E-state index < -0.39 is 28.5 Å². The maximum Gasteiger partial charge on any atom is 0.264 e. The number of methoxy groups -OCH3 is 1. The van der Waals surface area contributed by atoms with Crippen LogP contribution in [0.3, 0.4) is 0 Å². The average molecular weight is 579 g/mol. The highest BCUT2D eigenvalue weighted by atomic mass is 35.5. The molecule has 11 heteroatoms. The summed E-state index contributed by atoms with van der Waals surface area (Å²) in [6.45, 7) is 1.23. The van der Waals surface area contributed by atoms with Gasteiger partial charge < -0.3 is 15.0 Å². The zero-order valence-corrected chi connectivity index (χ0v) is 23.6. The van der Waals surface area contributed by atoms with Crippen LogP contribution in [0.1, 0.15) is 18.9 Å². The van der Waals surface area contributed by atoms with Gasteiger partial charge in [0.15, 0.2) is 0 Å². The number of likely N-dealkylation sites (N-methyl/N-ethyl adjacent to an activating group) is 1. The maximum atomic E-state index is 13.9. The van der Waals surface area contributed by atoms with Crippen molar-refractivity contribution in [1.29, 1.82) is 0 Å². The summed E-state index contributed by atoms with van der Waals surface area (Å²) in [4.78, 5) is 28.0. The lowest BCUT2D eigenvalue weighted by Gasteiger charge is -2.33. The van der Waals surface area contributed by atoms with E-state index in [9.17, 15) is 18.0 Å². The van der Waals surface area contributed by atoms with Gasteiger partial charge in [0.25, 0.3) is 10.0 Å². The molecular weight excluding hydrogens is 549 g/mol. The van der Waals surface area contributed by atoms with Crippen LogP contribution in [-0.4, -0.2) is 51.9 Å². The number of nitrogens with zero attached hydrogens (tertiary/aromatic N) is 2. The molecule has 3 rings (SSSR count). The highest BCUT2D eigenvalue weighted by molar-refractivity contribution is 7.92. The first-order valence-electron chi connectivity index (χ1n) is 11.8. The molecule has 0 aliphatic heterocycles. The third-order valence-electron chi connectivity index (χ3n) is 5.92. The van der Waals surface area contributed by atoms with Crippen LogP contribution in [0.2, 0.25) is 10.0 Å². The van der Waals surface area contributed by atoms with Crippen LogP contribution >= 0.6 is 23.2 Å². The number of anilines is 1. The molecule has 0 fully saturated rings. The Morgan fingerprint density at radius 1 is 0.974 bits per heavy atom. The first-order chi connectivity index (χ1) is 18.1. The lowest BCUT2D eigenvalue weighted by atomic mass is 10.1. The molecule has 0 saturated carbocycles. The maximum absolute atomic E-state index is 13.9. The minimum Gasteiger partial charge on any atom is -0.497 e. The summed E-state index contributed by atoms with van der Waals surface area (Å²) in [6.07, 6.45) is 0.303. The number of sulfonamides is 1. The van der Waals surface area contributed by atoms with Gasteiger partial charge >= 0.3 is 0 Å². The van der Waals surface area contributed by atoms with Gasteiger partial charge in [0.2, 0.25) is 11.8 Å². The molecule has 0 aliphatic rings. The lowest BCUT2D eigenvalue weighted by Crippen LogP contribution is -2.51. The Morgan fingerprint density at radius 2 is 1.68 bits per heavy atom. The van der Waals surface area contributed by atoms with Crippen molar-refractivity contribution in [3.8, 4) is 5.75 Å². The number of hydrogen-bond acceptors (Lipinski definition) is 5. The summed E-state index contributed by atoms with van der Waals surface area (Å²) in [6, 6.07) is 18.3. The van der Waals surface area contributed by atoms with Crippen molar-refractivity contribution in [2.45, 2.75) is 30.8 Å². The molecular formula is C27H29Cl2N3O5S. The highest BCUT2D eigenvalue weighted by Crippen LogP contribution is 2.28. The smallest absolute Gasteiger partial charge is 0.264 e. The molecule has 0 bridgehead atoms. The van der Waals surface area contributed by atoms with Crippen LogP contribution in [-0.2, 0) is 26.2 Å². The monoisotopic (exact) mass is 577 g/mol. The fourth-order valence-corrected chi connectivity index (χ4v) is 5.68. The SMILES string of the molecule is CCC(C(=O)NC)N(Cc1ccc(Cl)c(Cl)c1)C(=O)CN(c1cccc(OC)c1)S(=O)(=O)c1ccccc1. The van der Waals surface area contributed by atoms with Crippen molar-refractivity contribution in [1.82, 2.24) is 10.2 Å². The lowest BCUT2D eigenvalue weighted by molar-refractivity contribution is -0.140. The normalized spacial score (nSPS) is 11.9. The van der Waals surface area contributed by atoms with Crippen molar-refractivity contribution >= 4 is 50.7 Å². The van der Waals surface area contributed by atoms with E-state index in [1.165, 1.54) is 37.3 Å². The van der Waals surface area contributed by atoms with E-state index in [0.29, 0.717) is 27.8 Å². The Kier molecular flexibility index (Phi) is 10.0. The molecule has 1 unspecified atom stereocenters. The van der Waals surface area contributed by atoms with Gasteiger partial charge in [-0.05, 0) is 48.4 Å². The summed E-state index contributed by atoms with van der Waals surface area (Å²) in [5.74, 6) is -0.527. The van der Waals surface area contributed by atoms with Crippen molar-refractivity contribution in [2.75, 3.05) is 25.0 Å². The van der Waals surface area contributed by atoms with Crippen LogP contribution in [0.4, 0.5) is 5.69 Å². The van der Waals surface area contributed by atoms with E-state index in [4.69, 9.17) is 27.9 Å². The summed E-state index contributed by atoms with van der Waals surface area (Å²) < 4.78 is 33.8. The zero-order valence-electron chi connectivity index (χ0n) is 21.2. The molecule has 0 aliphatic carbocycles. The second kappa shape index (κ2) is 13.0. The number of hydrogen-bond donors (Lipinski definition) is 1. The Balaban J connectivity index is 2.07. The Hall–Kier alpha value is -3.27. The first-order valence-corrected chi connectivity index (χ1v) is 14.0. The molecule has 202 valence electrons. The number of rotatable bonds is 11. The molecule has 3 aromatic rings. The van der Waals surface area contributed by atoms with Gasteiger partial charge in [-0.3, -0.25) is 13.9 Å². The summed E-state index contributed by atoms with van der Waals surface area (Å²) >= 11 is 12.2. The average Bonchev–Trinajstić information content (AvgIpc) is 2.93. The molecule has 0 spiro atoms. The van der Waals surface area contributed by atoms with Gasteiger partial charge in [-0.2, -0.15) is 0 Å². The van der Waals surface area contributed by atoms with Gasteiger partial charge in [-0.1, -0.05) is 60.5 Å². The Labute approximate surface area is 233 Å². The summed E-state index contributed by atoms with van der Waals surface area (Å²) in [5.41, 5.74) is 0.873. The molecule has 1 N–H and O–H groups in total. The molecule has 1 atom stereocenters. The summed E-state index contributed by atoms with van der Waals surface area (Å²) in [7, 11) is -1.21. The van der Waals surface area contributed by atoms with Crippen molar-refractivity contribution < 1.29 is 22.7 Å². The number of carbonyl (C=O) groups is 2. The van der Waals surface area contributed by atoms with Gasteiger partial charge in [0.1, 0.15) is 18.3 Å². The molecule has 0 saturated heterocycles. The quantitative estimate of drug-likeness (QED) is 0.354. The van der Waals surface area contributed by atoms with Gasteiger partial charge in [-0.25, -0.2) is 8.42 Å². The molecule has 0 radical (unpaired) electrons. The first kappa shape index (κ1) is 29.3. The van der Waals surface area contributed by atoms with Crippen LogP contribution in [0.5, 0.6) is 5.75 Å². The van der Waals surface area contributed by atoms with Crippen LogP contribution in [0.15, 0.2) is 77.7 Å². The van der Waals surface area contributed by atoms with Crippen LogP contribution in [0, 0.1) is 0 Å². The molecule has 8 nitrogen and oxygen atoms in total. The van der Waals surface area contributed by atoms with E-state index in [1.807, 2.05) is 0 Å². The van der Waals surface area contributed by atoms with Crippen molar-refractivity contribution in [3.05, 3.63) is 88.4 Å². The van der Waals surface area contributed by atoms with E-state index in [0.717, 1.165) is 4.31 Å². The minimum atomic E-state index is -4.16. The van der Waals surface area contributed by atoms with Crippen molar-refractivity contribution in [2.24, 2.45) is 0 Å². The number of ether oxygens (including phenoxy) is 1. The predicted octanol–water partition coefficient (Wildman–Crippen LogP) is 4.75. The Bertz CT molecular complexity index is 1390. The fraction of sp³-hybridized carbons (Fsp3) is 0.259. The fourth-order valence-electron chi connectivity index (χ4n) is 3.93. The number of halogens is 2. The predicted molar refractivity (Wildman–Crippen MR) is 149 cm³/mol. The standard InChI is InChI=1S/C27H29Cl2N3O5S/c1-4-25(27(34)30-2)31(17-19-13-14-23(28)24(29)15-19)26(33)18-32(20-9-8-10-21(16-20)37-3)38(35,36)22-11-6-5-7-12-22/h5-16,25H,4,17-18H2,1-3H3,(H,30,34). The number of nitrogens with one attached hydrogen (secondary N) is 1. The van der Waals surface area contributed by atoms with Gasteiger partial charge in [0, 0.05) is 19.7 Å². The Morgan fingerprint density at radius 3 is 2.29 bits per heavy atom. The molecule has 0 heterocycles. The van der Waals surface area contributed by atoms with E-state index >= 15 is 0 Å². The number of benzene rings is 3. The minimum absolute atomic E-state index is 0.0129. The van der Waals surface area contributed by atoms with E-state index in [2.05, 4.69) is 5.32 Å². The van der Waals surface area contributed by atoms with Gasteiger partial charge in [0.05, 0.1) is 27.7 Å². The van der Waals surface area contributed by atoms with E-state index in [1.54, 1.807) is 61.5 Å². The topological polar surface area (TPSA) is 96.0 Å². The second-order valence-corrected chi connectivity index (χ2v) is 11.0. The highest BCUT2D eigenvalue weighted by Gasteiger charge is 2.33.